The summed E-state index contributed by atoms with van der Waals surface area (Å²) in [4.78, 5) is 22.5. The van der Waals surface area contributed by atoms with Gasteiger partial charge in [-0.15, -0.1) is 0 Å². The van der Waals surface area contributed by atoms with Gasteiger partial charge in [-0.1, -0.05) is 27.2 Å². The summed E-state index contributed by atoms with van der Waals surface area (Å²) in [5.41, 5.74) is 1.75. The van der Waals surface area contributed by atoms with E-state index >= 15 is 0 Å². The molecule has 0 aromatic carbocycles. The molecule has 1 fully saturated rings. The summed E-state index contributed by atoms with van der Waals surface area (Å²) in [6.07, 6.45) is 7.10. The van der Waals surface area contributed by atoms with Crippen molar-refractivity contribution in [2.24, 2.45) is 16.7 Å². The number of hydrogen-bond donors (Lipinski definition) is 0. The Morgan fingerprint density at radius 1 is 1.12 bits per heavy atom. The van der Waals surface area contributed by atoms with E-state index in [1.54, 1.807) is 0 Å². The van der Waals surface area contributed by atoms with Gasteiger partial charge in [-0.2, -0.15) is 0 Å². The van der Waals surface area contributed by atoms with Gasteiger partial charge >= 0.3 is 0 Å². The second-order valence-corrected chi connectivity index (χ2v) is 6.53. The van der Waals surface area contributed by atoms with Gasteiger partial charge in [-0.05, 0) is 48.0 Å². The molecule has 17 heavy (non-hydrogen) atoms. The zero-order valence-corrected chi connectivity index (χ0v) is 11.1. The minimum Gasteiger partial charge on any atom is -0.298 e. The lowest BCUT2D eigenvalue weighted by molar-refractivity contribution is -0.110. The number of carbonyl (C=O) groups excluding carboxylic acids is 2. The molecule has 2 heteroatoms. The van der Waals surface area contributed by atoms with Gasteiger partial charge < -0.3 is 0 Å². The van der Waals surface area contributed by atoms with Gasteiger partial charge in [0.1, 0.15) is 12.6 Å². The second kappa shape index (κ2) is 4.08. The first-order valence-corrected chi connectivity index (χ1v) is 6.60. The molecule has 0 heterocycles. The van der Waals surface area contributed by atoms with Crippen LogP contribution in [0, 0.1) is 16.7 Å². The summed E-state index contributed by atoms with van der Waals surface area (Å²) in [5, 5.41) is 0. The van der Waals surface area contributed by atoms with Crippen LogP contribution < -0.4 is 0 Å². The third-order valence-electron chi connectivity index (χ3n) is 5.15. The first kappa shape index (κ1) is 12.5. The minimum atomic E-state index is -0.0714. The largest absolute Gasteiger partial charge is 0.298 e. The zero-order chi connectivity index (χ0) is 12.7. The maximum absolute atomic E-state index is 11.4. The molecular weight excluding hydrogens is 212 g/mol. The van der Waals surface area contributed by atoms with Crippen LogP contribution in [0.4, 0.5) is 0 Å². The molecule has 0 aromatic rings. The molecule has 0 spiro atoms. The average Bonchev–Trinajstić information content (AvgIpc) is 2.26. The van der Waals surface area contributed by atoms with E-state index in [0.717, 1.165) is 49.4 Å². The van der Waals surface area contributed by atoms with Crippen molar-refractivity contribution in [2.75, 3.05) is 0 Å². The normalized spacial score (nSPS) is 36.3. The molecule has 1 saturated carbocycles. The van der Waals surface area contributed by atoms with Crippen molar-refractivity contribution in [1.29, 1.82) is 0 Å². The highest BCUT2D eigenvalue weighted by molar-refractivity contribution is 5.88. The van der Waals surface area contributed by atoms with E-state index in [1.807, 2.05) is 0 Å². The smallest absolute Gasteiger partial charge is 0.146 e. The Morgan fingerprint density at radius 2 is 1.82 bits per heavy atom. The van der Waals surface area contributed by atoms with Gasteiger partial charge in [0.15, 0.2) is 0 Å². The number of carbonyl (C=O) groups is 2. The van der Waals surface area contributed by atoms with Gasteiger partial charge in [0.05, 0.1) is 0 Å². The van der Waals surface area contributed by atoms with E-state index in [-0.39, 0.29) is 10.8 Å². The lowest BCUT2D eigenvalue weighted by Gasteiger charge is -2.53. The Hall–Kier alpha value is -0.920. The highest BCUT2D eigenvalue weighted by atomic mass is 16.1. The molecule has 0 aromatic heterocycles. The highest BCUT2D eigenvalue weighted by Gasteiger charge is 2.50. The van der Waals surface area contributed by atoms with E-state index in [2.05, 4.69) is 20.8 Å². The van der Waals surface area contributed by atoms with Crippen molar-refractivity contribution in [2.45, 2.75) is 52.9 Å². The third kappa shape index (κ3) is 1.78. The molecule has 0 aliphatic heterocycles. The molecule has 1 unspecified atom stereocenters. The predicted molar refractivity (Wildman–Crippen MR) is 67.6 cm³/mol. The number of fused-ring (bicyclic) bond motifs is 1. The number of rotatable bonds is 2. The summed E-state index contributed by atoms with van der Waals surface area (Å²) in [7, 11) is 0. The molecule has 0 N–H and O–H groups in total. The summed E-state index contributed by atoms with van der Waals surface area (Å²) < 4.78 is 0. The lowest BCUT2D eigenvalue weighted by atomic mass is 9.50. The summed E-state index contributed by atoms with van der Waals surface area (Å²) in [6, 6.07) is 0. The average molecular weight is 234 g/mol. The van der Waals surface area contributed by atoms with Gasteiger partial charge in [0, 0.05) is 5.57 Å². The molecule has 2 aliphatic rings. The fraction of sp³-hybridized carbons (Fsp3) is 0.733. The van der Waals surface area contributed by atoms with Crippen LogP contribution >= 0.6 is 0 Å². The van der Waals surface area contributed by atoms with E-state index in [1.165, 1.54) is 6.42 Å². The molecule has 2 atom stereocenters. The standard InChI is InChI=1S/C15H22O2/c1-14(2)7-4-8-15(3)12(10-17)11(9-16)5-6-13(14)15/h9-10,13H,4-8H2,1-3H3/t13?,15-/m0/s1. The van der Waals surface area contributed by atoms with Crippen molar-refractivity contribution < 1.29 is 9.59 Å². The molecule has 0 saturated heterocycles. The number of hydrogen-bond acceptors (Lipinski definition) is 2. The maximum atomic E-state index is 11.4. The van der Waals surface area contributed by atoms with Crippen molar-refractivity contribution in [3.8, 4) is 0 Å². The molecule has 0 amide bonds. The third-order valence-corrected chi connectivity index (χ3v) is 5.15. The van der Waals surface area contributed by atoms with Gasteiger partial charge in [-0.3, -0.25) is 9.59 Å². The Kier molecular flexibility index (Phi) is 3.01. The summed E-state index contributed by atoms with van der Waals surface area (Å²) in [5.74, 6) is 0.535. The van der Waals surface area contributed by atoms with Crippen LogP contribution in [0.25, 0.3) is 0 Å². The molecular formula is C15H22O2. The Morgan fingerprint density at radius 3 is 2.41 bits per heavy atom. The van der Waals surface area contributed by atoms with Crippen LogP contribution in [-0.4, -0.2) is 12.6 Å². The predicted octanol–water partition coefficient (Wildman–Crippen LogP) is 3.31. The van der Waals surface area contributed by atoms with Crippen LogP contribution in [-0.2, 0) is 9.59 Å². The Labute approximate surface area is 103 Å². The van der Waals surface area contributed by atoms with Crippen LogP contribution in [0.3, 0.4) is 0 Å². The van der Waals surface area contributed by atoms with Gasteiger partial charge in [-0.25, -0.2) is 0 Å². The summed E-state index contributed by atoms with van der Waals surface area (Å²) in [6.45, 7) is 6.80. The van der Waals surface area contributed by atoms with Crippen LogP contribution in [0.5, 0.6) is 0 Å². The van der Waals surface area contributed by atoms with Crippen molar-refractivity contribution >= 4 is 12.6 Å². The quantitative estimate of drug-likeness (QED) is 0.687. The molecule has 94 valence electrons. The van der Waals surface area contributed by atoms with Crippen LogP contribution in [0.2, 0.25) is 0 Å². The number of aldehydes is 2. The molecule has 2 nitrogen and oxygen atoms in total. The van der Waals surface area contributed by atoms with E-state index in [9.17, 15) is 9.59 Å². The molecule has 2 aliphatic carbocycles. The van der Waals surface area contributed by atoms with Gasteiger partial charge in [0.2, 0.25) is 0 Å². The first-order chi connectivity index (χ1) is 7.95. The SMILES string of the molecule is CC1(C)CCC[C@@]2(C)C(C=O)=C(C=O)CCC12. The van der Waals surface area contributed by atoms with Crippen molar-refractivity contribution in [3.63, 3.8) is 0 Å². The lowest BCUT2D eigenvalue weighted by Crippen LogP contribution is -2.46. The van der Waals surface area contributed by atoms with E-state index in [4.69, 9.17) is 0 Å². The highest BCUT2D eigenvalue weighted by Crippen LogP contribution is 2.58. The minimum absolute atomic E-state index is 0.0714. The first-order valence-electron chi connectivity index (χ1n) is 6.60. The molecule has 2 rings (SSSR count). The zero-order valence-electron chi connectivity index (χ0n) is 11.1. The maximum Gasteiger partial charge on any atom is 0.146 e. The Balaban J connectivity index is 2.50. The van der Waals surface area contributed by atoms with Gasteiger partial charge in [0.25, 0.3) is 0 Å². The van der Waals surface area contributed by atoms with Crippen LogP contribution in [0.1, 0.15) is 52.9 Å². The monoisotopic (exact) mass is 234 g/mol. The second-order valence-electron chi connectivity index (χ2n) is 6.53. The molecule has 0 bridgehead atoms. The summed E-state index contributed by atoms with van der Waals surface area (Å²) >= 11 is 0. The Bertz CT molecular complexity index is 378. The molecule has 0 radical (unpaired) electrons. The van der Waals surface area contributed by atoms with Crippen molar-refractivity contribution in [3.05, 3.63) is 11.1 Å². The van der Waals surface area contributed by atoms with E-state index in [0.29, 0.717) is 5.92 Å². The van der Waals surface area contributed by atoms with Crippen LogP contribution in [0.15, 0.2) is 11.1 Å². The topological polar surface area (TPSA) is 34.1 Å². The fourth-order valence-corrected chi connectivity index (χ4v) is 4.29. The van der Waals surface area contributed by atoms with E-state index < -0.39 is 0 Å². The fourth-order valence-electron chi connectivity index (χ4n) is 4.29. The number of allylic oxidation sites excluding steroid dienone is 2. The van der Waals surface area contributed by atoms with Crippen molar-refractivity contribution in [1.82, 2.24) is 0 Å².